The average Bonchev–Trinajstić information content (AvgIpc) is 2.68. The van der Waals surface area contributed by atoms with Gasteiger partial charge in [0.2, 0.25) is 0 Å². The van der Waals surface area contributed by atoms with Crippen molar-refractivity contribution in [1.29, 1.82) is 0 Å². The number of hydrogen-bond acceptors (Lipinski definition) is 3. The molecule has 0 heterocycles. The van der Waals surface area contributed by atoms with Crippen LogP contribution in [0.4, 0.5) is 0 Å². The van der Waals surface area contributed by atoms with Crippen molar-refractivity contribution in [3.8, 4) is 0 Å². The number of carbonyl (C=O) groups is 1. The van der Waals surface area contributed by atoms with Crippen molar-refractivity contribution in [2.75, 3.05) is 0 Å². The molecule has 0 aromatic heterocycles. The van der Waals surface area contributed by atoms with Crippen molar-refractivity contribution in [2.24, 2.45) is 0 Å². The zero-order valence-electron chi connectivity index (χ0n) is 17.9. The number of rotatable bonds is 10. The summed E-state index contributed by atoms with van der Waals surface area (Å²) in [4.78, 5) is 18.6. The van der Waals surface area contributed by atoms with Crippen molar-refractivity contribution < 1.29 is 14.3 Å². The highest BCUT2D eigenvalue weighted by atomic mass is 28.4. The van der Waals surface area contributed by atoms with E-state index in [4.69, 9.17) is 9.46 Å². The molecule has 0 bridgehead atoms. The molecule has 0 spiro atoms. The minimum Gasteiger partial charge on any atom is -0.297 e. The van der Waals surface area contributed by atoms with Crippen LogP contribution in [0.5, 0.6) is 0 Å². The molecule has 0 radical (unpaired) electrons. The lowest BCUT2D eigenvalue weighted by Gasteiger charge is -2.41. The van der Waals surface area contributed by atoms with Gasteiger partial charge in [-0.1, -0.05) is 102 Å². The normalized spacial score (nSPS) is 13.3. The second-order valence-corrected chi connectivity index (χ2v) is 12.5. The number of carbonyl (C=O) groups excluding carboxylic acids is 1. The molecule has 0 aliphatic heterocycles. The third-order valence-corrected chi connectivity index (χ3v) is 9.86. The van der Waals surface area contributed by atoms with Gasteiger partial charge in [0.1, 0.15) is 6.10 Å². The van der Waals surface area contributed by atoms with E-state index in [-0.39, 0.29) is 10.8 Å². The second-order valence-electron chi connectivity index (χ2n) is 8.34. The maximum Gasteiger partial charge on any atom is 0.305 e. The van der Waals surface area contributed by atoms with E-state index in [2.05, 4.69) is 52.0 Å². The van der Waals surface area contributed by atoms with Crippen LogP contribution in [0, 0.1) is 0 Å². The van der Waals surface area contributed by atoms with Crippen LogP contribution in [0.15, 0.2) is 60.7 Å². The molecule has 0 fully saturated rings. The first-order valence-electron chi connectivity index (χ1n) is 10.3. The fourth-order valence-electron chi connectivity index (χ4n) is 3.66. The van der Waals surface area contributed by atoms with E-state index in [0.717, 1.165) is 23.2 Å². The zero-order chi connectivity index (χ0) is 20.6. The molecular formula is C24H34O3Si. The van der Waals surface area contributed by atoms with Crippen LogP contribution in [0.1, 0.15) is 60.3 Å². The monoisotopic (exact) mass is 398 g/mol. The Balaban J connectivity index is 2.50. The second kappa shape index (κ2) is 10.1. The van der Waals surface area contributed by atoms with Gasteiger partial charge in [0.15, 0.2) is 5.78 Å². The van der Waals surface area contributed by atoms with E-state index in [1.807, 2.05) is 43.3 Å². The van der Waals surface area contributed by atoms with Crippen molar-refractivity contribution in [1.82, 2.24) is 0 Å². The Morgan fingerprint density at radius 3 is 1.79 bits per heavy atom. The van der Waals surface area contributed by atoms with Crippen LogP contribution in [0.25, 0.3) is 0 Å². The highest BCUT2D eigenvalue weighted by Gasteiger charge is 2.52. The Morgan fingerprint density at radius 1 is 0.893 bits per heavy atom. The molecule has 0 amide bonds. The number of hydrogen-bond donors (Lipinski definition) is 0. The van der Waals surface area contributed by atoms with Crippen LogP contribution in [-0.2, 0) is 14.3 Å². The van der Waals surface area contributed by atoms with Gasteiger partial charge < -0.3 is 0 Å². The first kappa shape index (κ1) is 22.5. The zero-order valence-corrected chi connectivity index (χ0v) is 18.9. The Kier molecular flexibility index (Phi) is 8.17. The lowest BCUT2D eigenvalue weighted by molar-refractivity contribution is -0.250. The lowest BCUT2D eigenvalue weighted by Crippen LogP contribution is -2.66. The summed E-state index contributed by atoms with van der Waals surface area (Å²) in [6.45, 7) is 10.7. The van der Waals surface area contributed by atoms with Gasteiger partial charge in [-0.2, -0.15) is 0 Å². The maximum absolute atomic E-state index is 12.6. The molecule has 0 aliphatic rings. The first-order valence-corrected chi connectivity index (χ1v) is 12.3. The van der Waals surface area contributed by atoms with E-state index in [0.29, 0.717) is 12.8 Å². The van der Waals surface area contributed by atoms with Gasteiger partial charge in [-0.05, 0) is 28.3 Å². The summed E-state index contributed by atoms with van der Waals surface area (Å²) in [6, 6.07) is 20.7. The van der Waals surface area contributed by atoms with E-state index in [9.17, 15) is 4.79 Å². The van der Waals surface area contributed by atoms with Gasteiger partial charge in [-0.25, -0.2) is 4.89 Å². The molecule has 3 nitrogen and oxygen atoms in total. The van der Waals surface area contributed by atoms with E-state index in [1.165, 1.54) is 0 Å². The number of Topliss-reactive ketones (excluding diaryl/α,β-unsaturated/α-hetero) is 1. The predicted octanol–water partition coefficient (Wildman–Crippen LogP) is 5.03. The summed E-state index contributed by atoms with van der Waals surface area (Å²) in [5.41, 5.74) is 0. The summed E-state index contributed by atoms with van der Waals surface area (Å²) in [5.74, 6) is 0.127. The molecular weight excluding hydrogens is 364 g/mol. The molecule has 2 aromatic carbocycles. The Labute approximate surface area is 171 Å². The molecule has 28 heavy (non-hydrogen) atoms. The Morgan fingerprint density at radius 2 is 1.39 bits per heavy atom. The van der Waals surface area contributed by atoms with Gasteiger partial charge in [-0.15, -0.1) is 0 Å². The first-order chi connectivity index (χ1) is 13.4. The van der Waals surface area contributed by atoms with Crippen molar-refractivity contribution in [3.63, 3.8) is 0 Å². The SMILES string of the molecule is CCCC(=O)C(CCC)OO[Si](c1ccccc1)(c1ccccc1)C(C)(C)C. The largest absolute Gasteiger partial charge is 0.305 e. The quantitative estimate of drug-likeness (QED) is 0.320. The topological polar surface area (TPSA) is 35.5 Å². The van der Waals surface area contributed by atoms with E-state index in [1.54, 1.807) is 0 Å². The smallest absolute Gasteiger partial charge is 0.297 e. The van der Waals surface area contributed by atoms with Crippen LogP contribution >= 0.6 is 0 Å². The average molecular weight is 399 g/mol. The molecule has 0 saturated heterocycles. The fraction of sp³-hybridized carbons (Fsp3) is 0.458. The van der Waals surface area contributed by atoms with Crippen molar-refractivity contribution in [2.45, 2.75) is 71.4 Å². The predicted molar refractivity (Wildman–Crippen MR) is 118 cm³/mol. The molecule has 1 atom stereocenters. The Hall–Kier alpha value is -1.75. The summed E-state index contributed by atoms with van der Waals surface area (Å²) < 4.78 is 6.47. The van der Waals surface area contributed by atoms with Gasteiger partial charge in [-0.3, -0.25) is 9.37 Å². The molecule has 4 heteroatoms. The van der Waals surface area contributed by atoms with Crippen LogP contribution < -0.4 is 10.4 Å². The summed E-state index contributed by atoms with van der Waals surface area (Å²) in [6.07, 6.45) is 2.39. The van der Waals surface area contributed by atoms with Gasteiger partial charge in [0.05, 0.1) is 0 Å². The maximum atomic E-state index is 12.6. The molecule has 2 aromatic rings. The van der Waals surface area contributed by atoms with Crippen LogP contribution in [0.3, 0.4) is 0 Å². The highest BCUT2D eigenvalue weighted by molar-refractivity contribution is 6.99. The standard InChI is InChI=1S/C24H34O3Si/c1-6-14-22(25)23(15-7-2)26-27-28(24(3,4)5,20-16-10-8-11-17-20)21-18-12-9-13-19-21/h8-13,16-19,23H,6-7,14-15H2,1-5H3. The van der Waals surface area contributed by atoms with Crippen LogP contribution in [-0.4, -0.2) is 20.2 Å². The number of benzene rings is 2. The third kappa shape index (κ3) is 4.99. The summed E-state index contributed by atoms with van der Waals surface area (Å²) in [7, 11) is -2.78. The Bertz CT molecular complexity index is 683. The number of ketones is 1. The fourth-order valence-corrected chi connectivity index (χ4v) is 7.75. The summed E-state index contributed by atoms with van der Waals surface area (Å²) in [5, 5.41) is 2.11. The molecule has 0 aliphatic carbocycles. The highest BCUT2D eigenvalue weighted by Crippen LogP contribution is 2.37. The van der Waals surface area contributed by atoms with Gasteiger partial charge >= 0.3 is 8.32 Å². The lowest BCUT2D eigenvalue weighted by atomic mass is 10.1. The molecule has 0 N–H and O–H groups in total. The van der Waals surface area contributed by atoms with E-state index < -0.39 is 14.4 Å². The molecule has 2 rings (SSSR count). The van der Waals surface area contributed by atoms with Crippen molar-refractivity contribution >= 4 is 24.5 Å². The van der Waals surface area contributed by atoms with Gasteiger partial charge in [0.25, 0.3) is 0 Å². The van der Waals surface area contributed by atoms with Gasteiger partial charge in [0, 0.05) is 6.42 Å². The van der Waals surface area contributed by atoms with Crippen LogP contribution in [0.2, 0.25) is 5.04 Å². The molecule has 152 valence electrons. The minimum absolute atomic E-state index is 0.127. The van der Waals surface area contributed by atoms with E-state index >= 15 is 0 Å². The minimum atomic E-state index is -2.78. The third-order valence-electron chi connectivity index (χ3n) is 5.11. The molecule has 1 unspecified atom stereocenters. The summed E-state index contributed by atoms with van der Waals surface area (Å²) >= 11 is 0. The molecule has 0 saturated carbocycles. The van der Waals surface area contributed by atoms with Crippen molar-refractivity contribution in [3.05, 3.63) is 60.7 Å².